The first-order valence-electron chi connectivity index (χ1n) is 8.99. The first-order valence-corrected chi connectivity index (χ1v) is 8.99. The van der Waals surface area contributed by atoms with E-state index in [1.807, 2.05) is 47.2 Å². The number of carbonyl (C=O) groups excluding carboxylic acids is 1. The summed E-state index contributed by atoms with van der Waals surface area (Å²) in [5, 5.41) is 0. The Morgan fingerprint density at radius 2 is 1.78 bits per heavy atom. The molecule has 3 aromatic rings. The highest BCUT2D eigenvalue weighted by molar-refractivity contribution is 5.93. The number of halogens is 2. The van der Waals surface area contributed by atoms with E-state index in [9.17, 15) is 4.79 Å². The molecule has 0 aliphatic carbocycles. The molecule has 0 bridgehead atoms. The average molecular weight is 413 g/mol. The fourth-order valence-electron chi connectivity index (χ4n) is 3.77. The first kappa shape index (κ1) is 21.5. The number of ether oxygens (including phenoxy) is 1. The summed E-state index contributed by atoms with van der Waals surface area (Å²) < 4.78 is 9.50. The van der Waals surface area contributed by atoms with E-state index >= 15 is 0 Å². The highest BCUT2D eigenvalue weighted by Crippen LogP contribution is 2.23. The summed E-state index contributed by atoms with van der Waals surface area (Å²) in [5.74, 6) is 0.472. The standard InChI is InChI=1S/C19H24N4O2.2ClH/c1-14-17(18(24)25-13-12-22-10-6-3-7-11-22)23-16-9-5-4-8-15(16)21(2)19(23)20-14;;/h4-5,8-9H,3,6-7,10-13H2,1-2H3;2*1H. The highest BCUT2D eigenvalue weighted by Gasteiger charge is 2.23. The second-order valence-corrected chi connectivity index (χ2v) is 6.77. The Labute approximate surface area is 171 Å². The summed E-state index contributed by atoms with van der Waals surface area (Å²) in [7, 11) is 1.97. The van der Waals surface area contributed by atoms with Crippen molar-refractivity contribution in [3.63, 3.8) is 0 Å². The number of para-hydroxylation sites is 2. The Kier molecular flexibility index (Phi) is 7.14. The van der Waals surface area contributed by atoms with Gasteiger partial charge in [-0.25, -0.2) is 9.78 Å². The Hall–Kier alpha value is -1.76. The van der Waals surface area contributed by atoms with E-state index in [4.69, 9.17) is 4.74 Å². The van der Waals surface area contributed by atoms with Crippen LogP contribution in [0.1, 0.15) is 35.4 Å². The number of imidazole rings is 2. The molecule has 8 heteroatoms. The van der Waals surface area contributed by atoms with Crippen molar-refractivity contribution in [2.45, 2.75) is 26.2 Å². The zero-order chi connectivity index (χ0) is 17.4. The van der Waals surface area contributed by atoms with Crippen molar-refractivity contribution in [1.82, 2.24) is 18.9 Å². The maximum Gasteiger partial charge on any atom is 0.357 e. The smallest absolute Gasteiger partial charge is 0.357 e. The second kappa shape index (κ2) is 8.95. The number of hydrogen-bond acceptors (Lipinski definition) is 4. The Balaban J connectivity index is 0.00000131. The summed E-state index contributed by atoms with van der Waals surface area (Å²) in [5.41, 5.74) is 3.26. The number of benzene rings is 1. The van der Waals surface area contributed by atoms with Crippen LogP contribution in [0.4, 0.5) is 0 Å². The maximum atomic E-state index is 12.7. The van der Waals surface area contributed by atoms with E-state index in [-0.39, 0.29) is 30.8 Å². The van der Waals surface area contributed by atoms with Crippen molar-refractivity contribution < 1.29 is 9.53 Å². The summed E-state index contributed by atoms with van der Waals surface area (Å²) in [4.78, 5) is 19.7. The number of aryl methyl sites for hydroxylation is 2. The van der Waals surface area contributed by atoms with Crippen LogP contribution in [0.3, 0.4) is 0 Å². The molecule has 2 aromatic heterocycles. The lowest BCUT2D eigenvalue weighted by Gasteiger charge is -2.25. The van der Waals surface area contributed by atoms with Gasteiger partial charge >= 0.3 is 5.97 Å². The van der Waals surface area contributed by atoms with Crippen molar-refractivity contribution in [2.24, 2.45) is 7.05 Å². The number of nitrogens with zero attached hydrogens (tertiary/aromatic N) is 4. The minimum absolute atomic E-state index is 0. The van der Waals surface area contributed by atoms with Crippen LogP contribution in [0.2, 0.25) is 0 Å². The van der Waals surface area contributed by atoms with Gasteiger partial charge in [-0.3, -0.25) is 9.30 Å². The molecule has 1 aliphatic heterocycles. The number of likely N-dealkylation sites (tertiary alicyclic amines) is 1. The highest BCUT2D eigenvalue weighted by atomic mass is 35.5. The predicted molar refractivity (Wildman–Crippen MR) is 111 cm³/mol. The third-order valence-electron chi connectivity index (χ3n) is 5.10. The Bertz CT molecular complexity index is 929. The van der Waals surface area contributed by atoms with Gasteiger partial charge in [0.25, 0.3) is 0 Å². The molecule has 27 heavy (non-hydrogen) atoms. The number of carbonyl (C=O) groups is 1. The van der Waals surface area contributed by atoms with Gasteiger partial charge in [0.2, 0.25) is 5.78 Å². The number of aromatic nitrogens is 3. The van der Waals surface area contributed by atoms with Gasteiger partial charge < -0.3 is 9.30 Å². The van der Waals surface area contributed by atoms with Crippen molar-refractivity contribution >= 4 is 47.6 Å². The fraction of sp³-hybridized carbons (Fsp3) is 0.474. The van der Waals surface area contributed by atoms with Crippen LogP contribution >= 0.6 is 24.8 Å². The fourth-order valence-corrected chi connectivity index (χ4v) is 3.77. The summed E-state index contributed by atoms with van der Waals surface area (Å²) >= 11 is 0. The summed E-state index contributed by atoms with van der Waals surface area (Å²) in [6, 6.07) is 8.01. The Morgan fingerprint density at radius 3 is 2.48 bits per heavy atom. The van der Waals surface area contributed by atoms with Gasteiger partial charge in [0, 0.05) is 13.6 Å². The van der Waals surface area contributed by atoms with Crippen molar-refractivity contribution in [2.75, 3.05) is 26.2 Å². The van der Waals surface area contributed by atoms with E-state index < -0.39 is 0 Å². The van der Waals surface area contributed by atoms with Crippen LogP contribution in [0, 0.1) is 6.92 Å². The molecule has 0 saturated carbocycles. The van der Waals surface area contributed by atoms with Gasteiger partial charge in [0.05, 0.1) is 16.7 Å². The zero-order valence-electron chi connectivity index (χ0n) is 15.7. The van der Waals surface area contributed by atoms with E-state index in [2.05, 4.69) is 9.88 Å². The van der Waals surface area contributed by atoms with Crippen molar-refractivity contribution in [3.05, 3.63) is 35.7 Å². The quantitative estimate of drug-likeness (QED) is 0.613. The molecule has 0 amide bonds. The van der Waals surface area contributed by atoms with Crippen LogP contribution < -0.4 is 0 Å². The zero-order valence-corrected chi connectivity index (χ0v) is 17.3. The Morgan fingerprint density at radius 1 is 1.11 bits per heavy atom. The molecule has 6 nitrogen and oxygen atoms in total. The third kappa shape index (κ3) is 3.93. The van der Waals surface area contributed by atoms with Gasteiger partial charge in [-0.05, 0) is 45.0 Å². The summed E-state index contributed by atoms with van der Waals surface area (Å²) in [6.45, 7) is 5.31. The lowest BCUT2D eigenvalue weighted by Crippen LogP contribution is -2.33. The van der Waals surface area contributed by atoms with E-state index in [0.29, 0.717) is 18.0 Å². The van der Waals surface area contributed by atoms with Gasteiger partial charge in [-0.15, -0.1) is 24.8 Å². The topological polar surface area (TPSA) is 51.8 Å². The van der Waals surface area contributed by atoms with Crippen LogP contribution in [0.5, 0.6) is 0 Å². The van der Waals surface area contributed by atoms with Crippen molar-refractivity contribution in [3.8, 4) is 0 Å². The molecule has 1 aliphatic rings. The minimum Gasteiger partial charge on any atom is -0.460 e. The number of rotatable bonds is 4. The molecule has 148 valence electrons. The van der Waals surface area contributed by atoms with E-state index in [0.717, 1.165) is 36.4 Å². The molecule has 4 rings (SSSR count). The number of esters is 1. The molecule has 0 N–H and O–H groups in total. The van der Waals surface area contributed by atoms with Crippen LogP contribution in [0.15, 0.2) is 24.3 Å². The molecule has 0 spiro atoms. The maximum absolute atomic E-state index is 12.7. The molecule has 0 atom stereocenters. The molecule has 0 radical (unpaired) electrons. The van der Waals surface area contributed by atoms with Gasteiger partial charge in [0.1, 0.15) is 6.61 Å². The first-order chi connectivity index (χ1) is 12.2. The minimum atomic E-state index is -0.293. The predicted octanol–water partition coefficient (Wildman–Crippen LogP) is 3.62. The molecular formula is C19H26Cl2N4O2. The molecule has 1 fully saturated rings. The van der Waals surface area contributed by atoms with Gasteiger partial charge in [-0.2, -0.15) is 0 Å². The second-order valence-electron chi connectivity index (χ2n) is 6.77. The molecular weight excluding hydrogens is 387 g/mol. The van der Waals surface area contributed by atoms with Crippen LogP contribution in [-0.2, 0) is 11.8 Å². The number of piperidine rings is 1. The van der Waals surface area contributed by atoms with E-state index in [1.54, 1.807) is 0 Å². The van der Waals surface area contributed by atoms with Crippen molar-refractivity contribution in [1.29, 1.82) is 0 Å². The normalized spacial score (nSPS) is 14.7. The lowest BCUT2D eigenvalue weighted by atomic mass is 10.1. The van der Waals surface area contributed by atoms with E-state index in [1.165, 1.54) is 19.3 Å². The molecule has 1 aromatic carbocycles. The number of hydrogen-bond donors (Lipinski definition) is 0. The SMILES string of the molecule is Cc1nc2n(C)c3ccccc3n2c1C(=O)OCCN1CCCCC1.Cl.Cl. The average Bonchev–Trinajstić information content (AvgIpc) is 3.11. The summed E-state index contributed by atoms with van der Waals surface area (Å²) in [6.07, 6.45) is 3.79. The van der Waals surface area contributed by atoms with Crippen LogP contribution in [0.25, 0.3) is 16.8 Å². The number of fused-ring (bicyclic) bond motifs is 3. The van der Waals surface area contributed by atoms with Gasteiger partial charge in [-0.1, -0.05) is 18.6 Å². The lowest BCUT2D eigenvalue weighted by molar-refractivity contribution is 0.0444. The molecule has 3 heterocycles. The largest absolute Gasteiger partial charge is 0.460 e. The molecule has 0 unspecified atom stereocenters. The third-order valence-corrected chi connectivity index (χ3v) is 5.10. The monoisotopic (exact) mass is 412 g/mol. The van der Waals surface area contributed by atoms with Crippen LogP contribution in [-0.4, -0.2) is 51.1 Å². The molecule has 1 saturated heterocycles. The van der Waals surface area contributed by atoms with Gasteiger partial charge in [0.15, 0.2) is 5.69 Å².